The van der Waals surface area contributed by atoms with E-state index < -0.39 is 0 Å². The largest absolute Gasteiger partial charge is 0.398 e. The Bertz CT molecular complexity index is 586. The van der Waals surface area contributed by atoms with Crippen molar-refractivity contribution in [2.24, 2.45) is 0 Å². The van der Waals surface area contributed by atoms with Gasteiger partial charge in [-0.2, -0.15) is 0 Å². The number of piperidine rings is 1. The third-order valence-corrected chi connectivity index (χ3v) is 5.39. The first kappa shape index (κ1) is 15.0. The monoisotopic (exact) mass is 300 g/mol. The number of para-hydroxylation sites is 1. The molecule has 0 aromatic heterocycles. The summed E-state index contributed by atoms with van der Waals surface area (Å²) >= 11 is 0. The van der Waals surface area contributed by atoms with E-state index in [2.05, 4.69) is 11.9 Å². The van der Waals surface area contributed by atoms with Crippen LogP contribution in [0, 0.1) is 5.41 Å². The maximum atomic E-state index is 12.6. The molecule has 118 valence electrons. The Morgan fingerprint density at radius 3 is 2.45 bits per heavy atom. The van der Waals surface area contributed by atoms with Gasteiger partial charge in [-0.05, 0) is 38.8 Å². The van der Waals surface area contributed by atoms with Crippen molar-refractivity contribution in [2.45, 2.75) is 43.8 Å². The highest BCUT2D eigenvalue weighted by Crippen LogP contribution is 2.36. The molecule has 5 nitrogen and oxygen atoms in total. The second kappa shape index (κ2) is 5.72. The van der Waals surface area contributed by atoms with Gasteiger partial charge >= 0.3 is 0 Å². The minimum atomic E-state index is -0.230. The summed E-state index contributed by atoms with van der Waals surface area (Å²) < 4.78 is 0. The third-order valence-electron chi connectivity index (χ3n) is 5.39. The van der Waals surface area contributed by atoms with Gasteiger partial charge in [0, 0.05) is 36.4 Å². The quantitative estimate of drug-likeness (QED) is 0.659. The van der Waals surface area contributed by atoms with Crippen molar-refractivity contribution in [3.05, 3.63) is 29.8 Å². The molecule has 3 rings (SSSR count). The second-order valence-electron chi connectivity index (χ2n) is 6.55. The van der Waals surface area contributed by atoms with Crippen molar-refractivity contribution < 1.29 is 4.79 Å². The molecule has 2 fully saturated rings. The number of amides is 1. The zero-order valence-electron chi connectivity index (χ0n) is 13.2. The van der Waals surface area contributed by atoms with Crippen LogP contribution in [-0.2, 0) is 4.79 Å². The lowest BCUT2D eigenvalue weighted by Crippen LogP contribution is -2.50. The van der Waals surface area contributed by atoms with E-state index >= 15 is 0 Å². The molecule has 0 spiro atoms. The van der Waals surface area contributed by atoms with E-state index in [0.29, 0.717) is 23.3 Å². The summed E-state index contributed by atoms with van der Waals surface area (Å²) in [6, 6.07) is 8.48. The van der Waals surface area contributed by atoms with Crippen molar-refractivity contribution >= 4 is 17.3 Å². The van der Waals surface area contributed by atoms with E-state index in [1.807, 2.05) is 19.2 Å². The zero-order valence-corrected chi connectivity index (χ0v) is 13.2. The number of benzene rings is 1. The highest BCUT2D eigenvalue weighted by atomic mass is 16.2. The van der Waals surface area contributed by atoms with Crippen molar-refractivity contribution in [1.29, 1.82) is 5.41 Å². The first-order valence-electron chi connectivity index (χ1n) is 7.91. The van der Waals surface area contributed by atoms with Gasteiger partial charge in [0.15, 0.2) is 0 Å². The highest BCUT2D eigenvalue weighted by molar-refractivity contribution is 6.45. The fourth-order valence-electron chi connectivity index (χ4n) is 3.88. The summed E-state index contributed by atoms with van der Waals surface area (Å²) in [6.45, 7) is 0. The van der Waals surface area contributed by atoms with Gasteiger partial charge in [0.2, 0.25) is 0 Å². The zero-order chi connectivity index (χ0) is 15.9. The molecule has 0 radical (unpaired) electrons. The van der Waals surface area contributed by atoms with Crippen LogP contribution in [0.5, 0.6) is 0 Å². The van der Waals surface area contributed by atoms with Gasteiger partial charge in [-0.3, -0.25) is 10.2 Å². The summed E-state index contributed by atoms with van der Waals surface area (Å²) in [5.41, 5.74) is 6.89. The minimum absolute atomic E-state index is 0.00752. The van der Waals surface area contributed by atoms with Gasteiger partial charge in [-0.1, -0.05) is 18.2 Å². The number of carbonyl (C=O) groups is 1. The topological polar surface area (TPSA) is 73.4 Å². The third kappa shape index (κ3) is 2.50. The average molecular weight is 300 g/mol. The van der Waals surface area contributed by atoms with Crippen LogP contribution in [0.25, 0.3) is 0 Å². The summed E-state index contributed by atoms with van der Waals surface area (Å²) in [4.78, 5) is 16.9. The normalized spacial score (nSPS) is 27.6. The summed E-state index contributed by atoms with van der Waals surface area (Å²) in [7, 11) is 4.01. The summed E-state index contributed by atoms with van der Waals surface area (Å²) in [5, 5.41) is 8.20. The molecule has 1 aromatic rings. The molecule has 1 aromatic carbocycles. The average Bonchev–Trinajstić information content (AvgIpc) is 2.75. The summed E-state index contributed by atoms with van der Waals surface area (Å²) in [5.74, 6) is -0.230. The molecule has 2 aliphatic rings. The number of nitrogens with two attached hydrogens (primary N) is 1. The van der Waals surface area contributed by atoms with Gasteiger partial charge in [-0.15, -0.1) is 0 Å². The Labute approximate surface area is 131 Å². The molecule has 2 heterocycles. The molecular weight excluding hydrogens is 276 g/mol. The number of nitrogens with zero attached hydrogens (tertiary/aromatic N) is 2. The number of hydrogen-bond acceptors (Lipinski definition) is 4. The smallest absolute Gasteiger partial charge is 0.272 e. The Hall–Kier alpha value is -1.88. The first-order chi connectivity index (χ1) is 10.5. The van der Waals surface area contributed by atoms with Gasteiger partial charge in [-0.25, -0.2) is 0 Å². The Balaban J connectivity index is 1.73. The number of carbonyl (C=O) groups excluding carboxylic acids is 1. The van der Waals surface area contributed by atoms with Crippen LogP contribution in [0.3, 0.4) is 0 Å². The number of anilines is 1. The molecule has 5 heteroatoms. The van der Waals surface area contributed by atoms with Crippen molar-refractivity contribution in [2.75, 3.05) is 19.8 Å². The number of rotatable bonds is 3. The Kier molecular flexibility index (Phi) is 3.91. The highest BCUT2D eigenvalue weighted by Gasteiger charge is 2.41. The van der Waals surface area contributed by atoms with E-state index in [1.165, 1.54) is 12.8 Å². The predicted molar refractivity (Wildman–Crippen MR) is 88.0 cm³/mol. The van der Waals surface area contributed by atoms with Gasteiger partial charge < -0.3 is 15.5 Å². The van der Waals surface area contributed by atoms with Crippen molar-refractivity contribution in [1.82, 2.24) is 9.80 Å². The summed E-state index contributed by atoms with van der Waals surface area (Å²) in [6.07, 6.45) is 4.46. The van der Waals surface area contributed by atoms with Crippen LogP contribution in [0.2, 0.25) is 0 Å². The van der Waals surface area contributed by atoms with Crippen LogP contribution < -0.4 is 5.73 Å². The van der Waals surface area contributed by atoms with Crippen LogP contribution >= 0.6 is 0 Å². The molecule has 2 bridgehead atoms. The van der Waals surface area contributed by atoms with E-state index in [-0.39, 0.29) is 17.7 Å². The molecule has 22 heavy (non-hydrogen) atoms. The SMILES string of the molecule is CN(C(=O)C(=N)c1ccccc1N)C1CC2CCC(C1)N2C. The van der Waals surface area contributed by atoms with Gasteiger partial charge in [0.05, 0.1) is 0 Å². The number of fused-ring (bicyclic) bond motifs is 2. The molecule has 1 amide bonds. The van der Waals surface area contributed by atoms with E-state index in [0.717, 1.165) is 12.8 Å². The standard InChI is InChI=1S/C17H24N4O/c1-20-11-7-8-12(20)10-13(9-11)21(2)17(22)16(19)14-5-3-4-6-15(14)18/h3-6,11-13,19H,7-10,18H2,1-2H3. The molecule has 3 N–H and O–H groups in total. The first-order valence-corrected chi connectivity index (χ1v) is 7.91. The van der Waals surface area contributed by atoms with E-state index in [4.69, 9.17) is 11.1 Å². The molecule has 0 saturated carbocycles. The maximum absolute atomic E-state index is 12.6. The molecular formula is C17H24N4O. The number of likely N-dealkylation sites (N-methyl/N-ethyl adjacent to an activating group) is 1. The van der Waals surface area contributed by atoms with Crippen LogP contribution in [0.1, 0.15) is 31.2 Å². The fourth-order valence-corrected chi connectivity index (χ4v) is 3.88. The lowest BCUT2D eigenvalue weighted by atomic mass is 9.96. The lowest BCUT2D eigenvalue weighted by molar-refractivity contribution is -0.126. The van der Waals surface area contributed by atoms with Crippen LogP contribution in [-0.4, -0.2) is 53.6 Å². The van der Waals surface area contributed by atoms with E-state index in [1.54, 1.807) is 17.0 Å². The number of nitrogen functional groups attached to an aromatic ring is 1. The molecule has 0 aliphatic carbocycles. The van der Waals surface area contributed by atoms with Gasteiger partial charge in [0.25, 0.3) is 5.91 Å². The molecule has 2 unspecified atom stereocenters. The maximum Gasteiger partial charge on any atom is 0.272 e. The number of nitrogens with one attached hydrogen (secondary N) is 1. The Morgan fingerprint density at radius 2 is 1.86 bits per heavy atom. The number of hydrogen-bond donors (Lipinski definition) is 2. The van der Waals surface area contributed by atoms with Crippen molar-refractivity contribution in [3.8, 4) is 0 Å². The minimum Gasteiger partial charge on any atom is -0.398 e. The molecule has 2 aliphatic heterocycles. The predicted octanol–water partition coefficient (Wildman–Crippen LogP) is 1.72. The Morgan fingerprint density at radius 1 is 1.27 bits per heavy atom. The fraction of sp³-hybridized carbons (Fsp3) is 0.529. The second-order valence-corrected chi connectivity index (χ2v) is 6.55. The van der Waals surface area contributed by atoms with Crippen molar-refractivity contribution in [3.63, 3.8) is 0 Å². The molecule has 2 atom stereocenters. The van der Waals surface area contributed by atoms with E-state index in [9.17, 15) is 4.79 Å². The van der Waals surface area contributed by atoms with Crippen LogP contribution in [0.15, 0.2) is 24.3 Å². The lowest BCUT2D eigenvalue weighted by Gasteiger charge is -2.40. The van der Waals surface area contributed by atoms with Gasteiger partial charge in [0.1, 0.15) is 5.71 Å². The van der Waals surface area contributed by atoms with Crippen LogP contribution in [0.4, 0.5) is 5.69 Å². The molecule has 2 saturated heterocycles.